The van der Waals surface area contributed by atoms with Crippen LogP contribution in [-0.2, 0) is 20.6 Å². The highest BCUT2D eigenvalue weighted by molar-refractivity contribution is 9.10. The van der Waals surface area contributed by atoms with Gasteiger partial charge in [0.05, 0.1) is 0 Å². The molecule has 0 saturated heterocycles. The van der Waals surface area contributed by atoms with Gasteiger partial charge in [-0.15, -0.1) is 5.10 Å². The number of rotatable bonds is 3. The second-order valence-corrected chi connectivity index (χ2v) is 5.01. The van der Waals surface area contributed by atoms with Crippen molar-refractivity contribution in [1.29, 1.82) is 0 Å². The maximum atomic E-state index is 11.8. The van der Waals surface area contributed by atoms with Crippen LogP contribution in [0.4, 0.5) is 5.82 Å². The van der Waals surface area contributed by atoms with Crippen LogP contribution in [0.25, 0.3) is 0 Å². The van der Waals surface area contributed by atoms with Crippen molar-refractivity contribution in [3.63, 3.8) is 0 Å². The van der Waals surface area contributed by atoms with Gasteiger partial charge in [0, 0.05) is 25.1 Å². The van der Waals surface area contributed by atoms with E-state index in [1.54, 1.807) is 0 Å². The van der Waals surface area contributed by atoms with E-state index in [-0.39, 0.29) is 5.82 Å². The Balaban J connectivity index is 2.23. The minimum Gasteiger partial charge on any atom is -0.360 e. The fraction of sp³-hybridized carbons (Fsp3) is 0.250. The maximum Gasteiger partial charge on any atom is 0.346 e. The largest absolute Gasteiger partial charge is 0.360 e. The number of aryl methyl sites for hydroxylation is 1. The average Bonchev–Trinajstić information content (AvgIpc) is 2.41. The quantitative estimate of drug-likeness (QED) is 0.909. The highest BCUT2D eigenvalue weighted by Crippen LogP contribution is 2.10. The van der Waals surface area contributed by atoms with Crippen LogP contribution in [0.2, 0.25) is 0 Å². The Morgan fingerprint density at radius 1 is 1.21 bits per heavy atom. The minimum absolute atomic E-state index is 0.160. The summed E-state index contributed by atoms with van der Waals surface area (Å²) in [5.41, 5.74) is 0.139. The molecule has 0 aliphatic carbocycles. The molecule has 0 spiro atoms. The summed E-state index contributed by atoms with van der Waals surface area (Å²) < 4.78 is 3.15. The number of hydrogen-bond acceptors (Lipinski definition) is 4. The third kappa shape index (κ3) is 2.93. The van der Waals surface area contributed by atoms with Crippen LogP contribution in [0.15, 0.2) is 38.3 Å². The van der Waals surface area contributed by atoms with Crippen LogP contribution in [0, 0.1) is 0 Å². The predicted octanol–water partition coefficient (Wildman–Crippen LogP) is 0.854. The molecule has 1 aromatic carbocycles. The molecule has 6 nitrogen and oxygen atoms in total. The Morgan fingerprint density at radius 3 is 2.47 bits per heavy atom. The monoisotopic (exact) mass is 324 g/mol. The van der Waals surface area contributed by atoms with E-state index in [0.717, 1.165) is 19.3 Å². The van der Waals surface area contributed by atoms with E-state index in [4.69, 9.17) is 0 Å². The van der Waals surface area contributed by atoms with Gasteiger partial charge >= 0.3 is 5.69 Å². The molecule has 7 heteroatoms. The second kappa shape index (κ2) is 5.40. The number of anilines is 1. The molecule has 0 aliphatic heterocycles. The standard InChI is InChI=1S/C12H13BrN4O2/c1-16-11(18)10(15-17(2)12(16)19)14-7-8-3-5-9(13)6-4-8/h3-6H,7H2,1-2H3,(H,14,15). The molecule has 19 heavy (non-hydrogen) atoms. The summed E-state index contributed by atoms with van der Waals surface area (Å²) in [6.07, 6.45) is 0. The molecular formula is C12H13BrN4O2. The summed E-state index contributed by atoms with van der Waals surface area (Å²) in [4.78, 5) is 23.3. The van der Waals surface area contributed by atoms with Gasteiger partial charge in [-0.25, -0.2) is 9.48 Å². The first-order valence-electron chi connectivity index (χ1n) is 5.61. The van der Waals surface area contributed by atoms with Gasteiger partial charge in [-0.05, 0) is 17.7 Å². The van der Waals surface area contributed by atoms with Gasteiger partial charge in [-0.1, -0.05) is 28.1 Å². The van der Waals surface area contributed by atoms with Crippen molar-refractivity contribution in [2.24, 2.45) is 14.1 Å². The summed E-state index contributed by atoms with van der Waals surface area (Å²) in [7, 11) is 2.93. The lowest BCUT2D eigenvalue weighted by Crippen LogP contribution is -2.39. The highest BCUT2D eigenvalue weighted by atomic mass is 79.9. The highest BCUT2D eigenvalue weighted by Gasteiger charge is 2.07. The maximum absolute atomic E-state index is 11.8. The van der Waals surface area contributed by atoms with E-state index in [0.29, 0.717) is 6.54 Å². The summed E-state index contributed by atoms with van der Waals surface area (Å²) >= 11 is 3.36. The third-order valence-corrected chi connectivity index (χ3v) is 3.22. The van der Waals surface area contributed by atoms with Gasteiger partial charge < -0.3 is 5.32 Å². The number of benzene rings is 1. The molecule has 0 unspecified atom stereocenters. The smallest absolute Gasteiger partial charge is 0.346 e. The molecule has 100 valence electrons. The van der Waals surface area contributed by atoms with Crippen LogP contribution >= 0.6 is 15.9 Å². The van der Waals surface area contributed by atoms with E-state index >= 15 is 0 Å². The van der Waals surface area contributed by atoms with Crippen molar-refractivity contribution in [2.45, 2.75) is 6.54 Å². The molecule has 0 bridgehead atoms. The van der Waals surface area contributed by atoms with Gasteiger partial charge in [0.2, 0.25) is 5.82 Å². The van der Waals surface area contributed by atoms with Crippen molar-refractivity contribution >= 4 is 21.7 Å². The van der Waals surface area contributed by atoms with Crippen LogP contribution in [0.5, 0.6) is 0 Å². The molecule has 0 amide bonds. The summed E-state index contributed by atoms with van der Waals surface area (Å²) in [5, 5.41) is 6.85. The fourth-order valence-corrected chi connectivity index (χ4v) is 1.86. The second-order valence-electron chi connectivity index (χ2n) is 4.10. The molecule has 1 aromatic heterocycles. The van der Waals surface area contributed by atoms with Crippen molar-refractivity contribution in [3.05, 3.63) is 55.1 Å². The molecule has 0 saturated carbocycles. The Kier molecular flexibility index (Phi) is 3.84. The van der Waals surface area contributed by atoms with Crippen molar-refractivity contribution < 1.29 is 0 Å². The van der Waals surface area contributed by atoms with Crippen LogP contribution in [0.3, 0.4) is 0 Å². The number of halogens is 1. The molecule has 1 N–H and O–H groups in total. The lowest BCUT2D eigenvalue weighted by atomic mass is 10.2. The number of nitrogens with one attached hydrogen (secondary N) is 1. The van der Waals surface area contributed by atoms with Crippen molar-refractivity contribution in [3.8, 4) is 0 Å². The third-order valence-electron chi connectivity index (χ3n) is 2.69. The summed E-state index contributed by atoms with van der Waals surface area (Å²) in [6.45, 7) is 0.466. The van der Waals surface area contributed by atoms with Crippen LogP contribution in [-0.4, -0.2) is 14.3 Å². The molecule has 2 rings (SSSR count). The number of nitrogens with zero attached hydrogens (tertiary/aromatic N) is 3. The molecule has 0 fully saturated rings. The zero-order valence-corrected chi connectivity index (χ0v) is 12.1. The van der Waals surface area contributed by atoms with Crippen molar-refractivity contribution in [2.75, 3.05) is 5.32 Å². The first-order valence-corrected chi connectivity index (χ1v) is 6.41. The van der Waals surface area contributed by atoms with Gasteiger partial charge in [0.15, 0.2) is 0 Å². The van der Waals surface area contributed by atoms with Gasteiger partial charge in [0.1, 0.15) is 0 Å². The van der Waals surface area contributed by atoms with Gasteiger partial charge in [-0.2, -0.15) is 0 Å². The first kappa shape index (κ1) is 13.5. The van der Waals surface area contributed by atoms with E-state index in [2.05, 4.69) is 26.3 Å². The Bertz CT molecular complexity index is 703. The molecule has 0 aliphatic rings. The summed E-state index contributed by atoms with van der Waals surface area (Å²) in [6, 6.07) is 7.71. The summed E-state index contributed by atoms with van der Waals surface area (Å²) in [5.74, 6) is 0.160. The zero-order chi connectivity index (χ0) is 14.0. The molecule has 0 atom stereocenters. The molecular weight excluding hydrogens is 312 g/mol. The zero-order valence-electron chi connectivity index (χ0n) is 10.6. The Morgan fingerprint density at radius 2 is 1.84 bits per heavy atom. The topological polar surface area (TPSA) is 68.9 Å². The van der Waals surface area contributed by atoms with Crippen LogP contribution < -0.4 is 16.6 Å². The average molecular weight is 325 g/mol. The minimum atomic E-state index is -0.445. The molecule has 0 radical (unpaired) electrons. The Labute approximate surface area is 117 Å². The lowest BCUT2D eigenvalue weighted by Gasteiger charge is -2.08. The molecule has 2 aromatic rings. The predicted molar refractivity (Wildman–Crippen MR) is 76.2 cm³/mol. The lowest BCUT2D eigenvalue weighted by molar-refractivity contribution is 0.604. The van der Waals surface area contributed by atoms with E-state index in [1.165, 1.54) is 14.1 Å². The number of hydrogen-bond donors (Lipinski definition) is 1. The molecule has 1 heterocycles. The Hall–Kier alpha value is -1.89. The van der Waals surface area contributed by atoms with Crippen LogP contribution in [0.1, 0.15) is 5.56 Å². The normalized spacial score (nSPS) is 10.5. The first-order chi connectivity index (χ1) is 8.99. The number of aromatic nitrogens is 3. The van der Waals surface area contributed by atoms with E-state index in [9.17, 15) is 9.59 Å². The van der Waals surface area contributed by atoms with E-state index < -0.39 is 11.2 Å². The SMILES string of the molecule is Cn1nc(NCc2ccc(Br)cc2)c(=O)n(C)c1=O. The fourth-order valence-electron chi connectivity index (χ4n) is 1.60. The van der Waals surface area contributed by atoms with Gasteiger partial charge in [0.25, 0.3) is 5.56 Å². The van der Waals surface area contributed by atoms with Crippen molar-refractivity contribution in [1.82, 2.24) is 14.3 Å². The van der Waals surface area contributed by atoms with Gasteiger partial charge in [-0.3, -0.25) is 9.36 Å². The van der Waals surface area contributed by atoms with E-state index in [1.807, 2.05) is 24.3 Å².